The molecule has 1 aliphatic carbocycles. The average molecular weight is 245 g/mol. The number of nitrogens with one attached hydrogen (secondary N) is 1. The van der Waals surface area contributed by atoms with Crippen LogP contribution in [-0.4, -0.2) is 25.0 Å². The Bertz CT molecular complexity index is 209. The van der Waals surface area contributed by atoms with Crippen LogP contribution >= 0.6 is 11.6 Å². The monoisotopic (exact) mass is 244 g/mol. The van der Waals surface area contributed by atoms with Crippen LogP contribution in [0.4, 0.5) is 0 Å². The molecular formula is C14H27ClN+. The summed E-state index contributed by atoms with van der Waals surface area (Å²) < 4.78 is 0. The molecule has 0 radical (unpaired) electrons. The maximum atomic E-state index is 6.28. The summed E-state index contributed by atoms with van der Waals surface area (Å²) in [5.74, 6) is 2.76. The highest BCUT2D eigenvalue weighted by molar-refractivity contribution is 6.20. The van der Waals surface area contributed by atoms with Crippen LogP contribution < -0.4 is 4.90 Å². The van der Waals surface area contributed by atoms with Crippen LogP contribution in [0.3, 0.4) is 0 Å². The molecule has 1 heterocycles. The van der Waals surface area contributed by atoms with E-state index in [1.807, 2.05) is 4.90 Å². The van der Waals surface area contributed by atoms with Gasteiger partial charge in [0.05, 0.1) is 19.6 Å². The maximum Gasteiger partial charge on any atom is 0.0800 e. The lowest BCUT2D eigenvalue weighted by molar-refractivity contribution is -0.915. The Morgan fingerprint density at radius 2 is 1.75 bits per heavy atom. The van der Waals surface area contributed by atoms with Crippen molar-refractivity contribution in [3.63, 3.8) is 0 Å². The van der Waals surface area contributed by atoms with E-state index in [1.165, 1.54) is 51.7 Å². The molecule has 0 aromatic heterocycles. The van der Waals surface area contributed by atoms with Gasteiger partial charge in [-0.25, -0.2) is 0 Å². The maximum absolute atomic E-state index is 6.28. The predicted octanol–water partition coefficient (Wildman–Crippen LogP) is 2.34. The fourth-order valence-electron chi connectivity index (χ4n) is 3.91. The van der Waals surface area contributed by atoms with Crippen molar-refractivity contribution in [2.24, 2.45) is 17.8 Å². The molecule has 0 aromatic carbocycles. The van der Waals surface area contributed by atoms with Gasteiger partial charge in [0, 0.05) is 23.1 Å². The van der Waals surface area contributed by atoms with Crippen molar-refractivity contribution in [2.75, 3.05) is 19.6 Å². The molecule has 2 rings (SSSR count). The average Bonchev–Trinajstić information content (AvgIpc) is 2.15. The van der Waals surface area contributed by atoms with Crippen molar-refractivity contribution in [3.8, 4) is 0 Å². The molecule has 0 spiro atoms. The largest absolute Gasteiger partial charge is 0.334 e. The molecule has 1 nitrogen and oxygen atoms in total. The first-order chi connectivity index (χ1) is 7.63. The molecule has 0 amide bonds. The lowest BCUT2D eigenvalue weighted by Crippen LogP contribution is -3.15. The number of likely N-dealkylation sites (tertiary alicyclic amines) is 1. The van der Waals surface area contributed by atoms with Gasteiger partial charge in [-0.1, -0.05) is 20.3 Å². The van der Waals surface area contributed by atoms with Crippen LogP contribution in [0.1, 0.15) is 46.0 Å². The first-order valence-corrected chi connectivity index (χ1v) is 7.54. The van der Waals surface area contributed by atoms with Gasteiger partial charge in [0.2, 0.25) is 0 Å². The Hall–Kier alpha value is 0.250. The Kier molecular flexibility index (Phi) is 4.55. The minimum atomic E-state index is 0.470. The van der Waals surface area contributed by atoms with Crippen molar-refractivity contribution in [2.45, 2.75) is 51.3 Å². The van der Waals surface area contributed by atoms with Crippen LogP contribution in [0.5, 0.6) is 0 Å². The van der Waals surface area contributed by atoms with Crippen molar-refractivity contribution < 1.29 is 4.90 Å². The highest BCUT2D eigenvalue weighted by Crippen LogP contribution is 2.27. The second-order valence-corrected chi connectivity index (χ2v) is 7.06. The van der Waals surface area contributed by atoms with Crippen LogP contribution in [0.25, 0.3) is 0 Å². The van der Waals surface area contributed by atoms with E-state index in [1.54, 1.807) is 0 Å². The molecule has 2 heteroatoms. The molecule has 1 aliphatic heterocycles. The minimum absolute atomic E-state index is 0.470. The van der Waals surface area contributed by atoms with Gasteiger partial charge >= 0.3 is 0 Å². The standard InChI is InChI=1S/C14H26ClN/c1-11-6-12(2)9-16(8-11)10-13-4-3-5-14(15)7-13/h11-14H,3-10H2,1-2H3/p+1. The van der Waals surface area contributed by atoms with Crippen LogP contribution in [-0.2, 0) is 0 Å². The topological polar surface area (TPSA) is 4.44 Å². The van der Waals surface area contributed by atoms with Crippen LogP contribution in [0.15, 0.2) is 0 Å². The molecule has 0 bridgehead atoms. The van der Waals surface area contributed by atoms with E-state index in [4.69, 9.17) is 11.6 Å². The van der Waals surface area contributed by atoms with Gasteiger partial charge in [-0.15, -0.1) is 11.6 Å². The molecular weight excluding hydrogens is 218 g/mol. The third-order valence-electron chi connectivity index (χ3n) is 4.38. The zero-order valence-electron chi connectivity index (χ0n) is 10.8. The lowest BCUT2D eigenvalue weighted by Gasteiger charge is -2.35. The quantitative estimate of drug-likeness (QED) is 0.712. The van der Waals surface area contributed by atoms with Crippen LogP contribution in [0, 0.1) is 17.8 Å². The fourth-order valence-corrected chi connectivity index (χ4v) is 4.31. The summed E-state index contributed by atoms with van der Waals surface area (Å²) in [6.07, 6.45) is 6.74. The molecule has 16 heavy (non-hydrogen) atoms. The van der Waals surface area contributed by atoms with E-state index < -0.39 is 0 Å². The number of piperidine rings is 1. The van der Waals surface area contributed by atoms with Crippen molar-refractivity contribution in [1.82, 2.24) is 0 Å². The summed E-state index contributed by atoms with van der Waals surface area (Å²) in [6, 6.07) is 0. The number of alkyl halides is 1. The van der Waals surface area contributed by atoms with Gasteiger partial charge in [0.25, 0.3) is 0 Å². The van der Waals surface area contributed by atoms with E-state index in [2.05, 4.69) is 13.8 Å². The molecule has 4 atom stereocenters. The smallest absolute Gasteiger partial charge is 0.0800 e. The zero-order chi connectivity index (χ0) is 11.5. The first-order valence-electron chi connectivity index (χ1n) is 7.11. The molecule has 94 valence electrons. The van der Waals surface area contributed by atoms with Gasteiger partial charge in [-0.2, -0.15) is 0 Å². The third-order valence-corrected chi connectivity index (χ3v) is 4.77. The summed E-state index contributed by atoms with van der Waals surface area (Å²) in [5.41, 5.74) is 0. The second-order valence-electron chi connectivity index (χ2n) is 6.44. The SMILES string of the molecule is CC1CC(C)C[NH+](CC2CCCC(Cl)C2)C1. The summed E-state index contributed by atoms with van der Waals surface area (Å²) in [7, 11) is 0. The third kappa shape index (κ3) is 3.63. The van der Waals surface area contributed by atoms with Gasteiger partial charge in [0.15, 0.2) is 0 Å². The van der Waals surface area contributed by atoms with E-state index in [9.17, 15) is 0 Å². The Morgan fingerprint density at radius 3 is 2.38 bits per heavy atom. The summed E-state index contributed by atoms with van der Waals surface area (Å²) in [6.45, 7) is 9.02. The number of hydrogen-bond acceptors (Lipinski definition) is 0. The minimum Gasteiger partial charge on any atom is -0.334 e. The van der Waals surface area contributed by atoms with Gasteiger partial charge in [-0.05, 0) is 25.7 Å². The zero-order valence-corrected chi connectivity index (χ0v) is 11.6. The normalized spacial score (nSPS) is 45.6. The second kappa shape index (κ2) is 5.73. The first kappa shape index (κ1) is 12.7. The summed E-state index contributed by atoms with van der Waals surface area (Å²) in [5, 5.41) is 0.470. The van der Waals surface area contributed by atoms with E-state index >= 15 is 0 Å². The number of hydrogen-bond donors (Lipinski definition) is 1. The molecule has 2 aliphatic rings. The Balaban J connectivity index is 1.79. The van der Waals surface area contributed by atoms with Gasteiger partial charge in [0.1, 0.15) is 0 Å². The van der Waals surface area contributed by atoms with Crippen molar-refractivity contribution in [1.29, 1.82) is 0 Å². The number of rotatable bonds is 2. The predicted molar refractivity (Wildman–Crippen MR) is 70.1 cm³/mol. The van der Waals surface area contributed by atoms with Gasteiger partial charge in [-0.3, -0.25) is 0 Å². The van der Waals surface area contributed by atoms with E-state index in [0.29, 0.717) is 5.38 Å². The molecule has 1 saturated heterocycles. The molecule has 4 unspecified atom stereocenters. The van der Waals surface area contributed by atoms with Gasteiger partial charge < -0.3 is 4.90 Å². The van der Waals surface area contributed by atoms with Crippen LogP contribution in [0.2, 0.25) is 0 Å². The molecule has 1 saturated carbocycles. The number of quaternary nitrogens is 1. The van der Waals surface area contributed by atoms with Crippen molar-refractivity contribution in [3.05, 3.63) is 0 Å². The van der Waals surface area contributed by atoms with E-state index in [-0.39, 0.29) is 0 Å². The molecule has 0 aromatic rings. The molecule has 2 fully saturated rings. The van der Waals surface area contributed by atoms with E-state index in [0.717, 1.165) is 17.8 Å². The van der Waals surface area contributed by atoms with Crippen molar-refractivity contribution >= 4 is 11.6 Å². The summed E-state index contributed by atoms with van der Waals surface area (Å²) in [4.78, 5) is 1.85. The highest BCUT2D eigenvalue weighted by Gasteiger charge is 2.29. The number of halogens is 1. The highest BCUT2D eigenvalue weighted by atomic mass is 35.5. The fraction of sp³-hybridized carbons (Fsp3) is 1.00. The lowest BCUT2D eigenvalue weighted by atomic mass is 9.86. The Morgan fingerprint density at radius 1 is 1.06 bits per heavy atom. The Labute approximate surface area is 106 Å². The summed E-state index contributed by atoms with van der Waals surface area (Å²) >= 11 is 6.28. The molecule has 1 N–H and O–H groups in total.